The van der Waals surface area contributed by atoms with Gasteiger partial charge in [0.15, 0.2) is 0 Å². The van der Waals surface area contributed by atoms with Crippen LogP contribution in [0.3, 0.4) is 0 Å². The highest BCUT2D eigenvalue weighted by atomic mass is 16.3. The van der Waals surface area contributed by atoms with Gasteiger partial charge in [0.1, 0.15) is 11.5 Å². The fourth-order valence-electron chi connectivity index (χ4n) is 5.34. The summed E-state index contributed by atoms with van der Waals surface area (Å²) in [5.74, 6) is 1.36. The molecule has 0 aliphatic heterocycles. The molecule has 0 bridgehead atoms. The van der Waals surface area contributed by atoms with Crippen molar-refractivity contribution in [1.82, 2.24) is 0 Å². The molecule has 0 amide bonds. The lowest BCUT2D eigenvalue weighted by Crippen LogP contribution is -2.40. The SMILES string of the molecule is CC1CC(C)(C)CC(Cc2ccc(O)cc2)(Cc2ccc(O)cc2)C1. The molecule has 2 nitrogen and oxygen atoms in total. The predicted octanol–water partition coefficient (Wildman–Crippen LogP) is 5.72. The quantitative estimate of drug-likeness (QED) is 0.749. The van der Waals surface area contributed by atoms with Crippen molar-refractivity contribution < 1.29 is 10.2 Å². The smallest absolute Gasteiger partial charge is 0.115 e. The van der Waals surface area contributed by atoms with Crippen LogP contribution in [0.15, 0.2) is 48.5 Å². The van der Waals surface area contributed by atoms with E-state index in [0.29, 0.717) is 22.8 Å². The maximum atomic E-state index is 9.59. The lowest BCUT2D eigenvalue weighted by Gasteiger charge is -2.48. The van der Waals surface area contributed by atoms with E-state index in [4.69, 9.17) is 0 Å². The van der Waals surface area contributed by atoms with E-state index in [0.717, 1.165) is 12.8 Å². The van der Waals surface area contributed by atoms with Gasteiger partial charge in [-0.05, 0) is 84.2 Å². The van der Waals surface area contributed by atoms with Gasteiger partial charge in [0.25, 0.3) is 0 Å². The van der Waals surface area contributed by atoms with Crippen LogP contribution in [-0.4, -0.2) is 10.2 Å². The number of rotatable bonds is 4. The van der Waals surface area contributed by atoms with Crippen LogP contribution < -0.4 is 0 Å². The number of phenolic OH excluding ortho intramolecular Hbond substituents is 2. The monoisotopic (exact) mass is 338 g/mol. The molecule has 134 valence electrons. The van der Waals surface area contributed by atoms with Gasteiger partial charge in [-0.15, -0.1) is 0 Å². The summed E-state index contributed by atoms with van der Waals surface area (Å²) in [7, 11) is 0. The highest BCUT2D eigenvalue weighted by Crippen LogP contribution is 2.52. The third kappa shape index (κ3) is 4.56. The van der Waals surface area contributed by atoms with Gasteiger partial charge in [-0.3, -0.25) is 0 Å². The molecule has 25 heavy (non-hydrogen) atoms. The minimum Gasteiger partial charge on any atom is -0.508 e. The van der Waals surface area contributed by atoms with E-state index < -0.39 is 0 Å². The zero-order valence-electron chi connectivity index (χ0n) is 15.6. The van der Waals surface area contributed by atoms with Crippen molar-refractivity contribution >= 4 is 0 Å². The first kappa shape index (κ1) is 17.8. The summed E-state index contributed by atoms with van der Waals surface area (Å²) in [5.41, 5.74) is 3.14. The fourth-order valence-corrected chi connectivity index (χ4v) is 5.34. The van der Waals surface area contributed by atoms with Crippen LogP contribution in [0.2, 0.25) is 0 Å². The van der Waals surface area contributed by atoms with Crippen LogP contribution in [0.25, 0.3) is 0 Å². The van der Waals surface area contributed by atoms with Crippen LogP contribution >= 0.6 is 0 Å². The minimum atomic E-state index is 0.217. The van der Waals surface area contributed by atoms with E-state index in [1.165, 1.54) is 30.4 Å². The Bertz CT molecular complexity index is 650. The lowest BCUT2D eigenvalue weighted by molar-refractivity contribution is 0.0467. The van der Waals surface area contributed by atoms with E-state index in [1.54, 1.807) is 24.3 Å². The second-order valence-corrected chi connectivity index (χ2v) is 9.04. The molecule has 0 spiro atoms. The summed E-state index contributed by atoms with van der Waals surface area (Å²) in [6, 6.07) is 15.4. The van der Waals surface area contributed by atoms with E-state index >= 15 is 0 Å². The maximum Gasteiger partial charge on any atom is 0.115 e. The molecule has 0 heterocycles. The molecule has 1 saturated carbocycles. The normalized spacial score (nSPS) is 21.8. The predicted molar refractivity (Wildman–Crippen MR) is 103 cm³/mol. The van der Waals surface area contributed by atoms with Gasteiger partial charge in [-0.1, -0.05) is 45.0 Å². The number of hydrogen-bond acceptors (Lipinski definition) is 2. The molecule has 2 N–H and O–H groups in total. The zero-order valence-corrected chi connectivity index (χ0v) is 15.6. The number of hydrogen-bond donors (Lipinski definition) is 2. The average Bonchev–Trinajstić information content (AvgIpc) is 2.50. The standard InChI is InChI=1S/C23H30O2/c1-17-12-22(2,3)16-23(13-17,14-18-4-8-20(24)9-5-18)15-19-6-10-21(25)11-7-19/h4-11,17,24-25H,12-16H2,1-3H3. The van der Waals surface area contributed by atoms with Crippen molar-refractivity contribution in [2.45, 2.75) is 52.9 Å². The van der Waals surface area contributed by atoms with Crippen molar-refractivity contribution in [2.75, 3.05) is 0 Å². The highest BCUT2D eigenvalue weighted by Gasteiger charge is 2.42. The molecule has 2 heteroatoms. The van der Waals surface area contributed by atoms with Crippen molar-refractivity contribution in [3.05, 3.63) is 59.7 Å². The molecular formula is C23H30O2. The Hall–Kier alpha value is -1.96. The molecular weight excluding hydrogens is 308 g/mol. The first-order chi connectivity index (χ1) is 11.8. The van der Waals surface area contributed by atoms with Crippen molar-refractivity contribution in [3.63, 3.8) is 0 Å². The summed E-state index contributed by atoms with van der Waals surface area (Å²) in [6.07, 6.45) is 5.76. The molecule has 2 aromatic rings. The topological polar surface area (TPSA) is 40.5 Å². The van der Waals surface area contributed by atoms with E-state index in [9.17, 15) is 10.2 Å². The second kappa shape index (κ2) is 6.74. The summed E-state index contributed by atoms with van der Waals surface area (Å²) in [6.45, 7) is 7.17. The van der Waals surface area contributed by atoms with Crippen molar-refractivity contribution in [3.8, 4) is 11.5 Å². The van der Waals surface area contributed by atoms with Crippen LogP contribution in [0.5, 0.6) is 11.5 Å². The Kier molecular flexibility index (Phi) is 4.81. The van der Waals surface area contributed by atoms with Crippen molar-refractivity contribution in [1.29, 1.82) is 0 Å². The Balaban J connectivity index is 1.92. The second-order valence-electron chi connectivity index (χ2n) is 9.04. The van der Waals surface area contributed by atoms with Crippen LogP contribution in [0.4, 0.5) is 0 Å². The Morgan fingerprint density at radius 2 is 1.24 bits per heavy atom. The maximum absolute atomic E-state index is 9.59. The highest BCUT2D eigenvalue weighted by molar-refractivity contribution is 5.29. The first-order valence-corrected chi connectivity index (χ1v) is 9.31. The van der Waals surface area contributed by atoms with Crippen LogP contribution in [-0.2, 0) is 12.8 Å². The minimum absolute atomic E-state index is 0.217. The van der Waals surface area contributed by atoms with Gasteiger partial charge >= 0.3 is 0 Å². The molecule has 1 fully saturated rings. The number of benzene rings is 2. The average molecular weight is 338 g/mol. The molecule has 1 unspecified atom stereocenters. The molecule has 1 atom stereocenters. The number of aromatic hydroxyl groups is 2. The van der Waals surface area contributed by atoms with E-state index in [-0.39, 0.29) is 5.41 Å². The van der Waals surface area contributed by atoms with Crippen molar-refractivity contribution in [2.24, 2.45) is 16.7 Å². The van der Waals surface area contributed by atoms with Gasteiger partial charge < -0.3 is 10.2 Å². The summed E-state index contributed by atoms with van der Waals surface area (Å²) >= 11 is 0. The fraction of sp³-hybridized carbons (Fsp3) is 0.478. The molecule has 3 rings (SSSR count). The third-order valence-electron chi connectivity index (χ3n) is 5.57. The van der Waals surface area contributed by atoms with Gasteiger partial charge in [-0.2, -0.15) is 0 Å². The summed E-state index contributed by atoms with van der Waals surface area (Å²) in [4.78, 5) is 0. The Morgan fingerprint density at radius 1 is 0.800 bits per heavy atom. The molecule has 2 aromatic carbocycles. The largest absolute Gasteiger partial charge is 0.508 e. The van der Waals surface area contributed by atoms with Crippen LogP contribution in [0.1, 0.15) is 51.2 Å². The third-order valence-corrected chi connectivity index (χ3v) is 5.57. The van der Waals surface area contributed by atoms with Gasteiger partial charge in [-0.25, -0.2) is 0 Å². The molecule has 0 aromatic heterocycles. The van der Waals surface area contributed by atoms with E-state index in [1.807, 2.05) is 0 Å². The van der Waals surface area contributed by atoms with Crippen LogP contribution in [0, 0.1) is 16.7 Å². The molecule has 1 aliphatic carbocycles. The number of phenols is 2. The zero-order chi connectivity index (χ0) is 18.1. The Labute approximate surface area is 151 Å². The molecule has 0 radical (unpaired) electrons. The molecule has 1 aliphatic rings. The Morgan fingerprint density at radius 3 is 1.64 bits per heavy atom. The first-order valence-electron chi connectivity index (χ1n) is 9.31. The van der Waals surface area contributed by atoms with Gasteiger partial charge in [0, 0.05) is 0 Å². The molecule has 0 saturated heterocycles. The van der Waals surface area contributed by atoms with Gasteiger partial charge in [0.05, 0.1) is 0 Å². The summed E-state index contributed by atoms with van der Waals surface area (Å²) < 4.78 is 0. The lowest BCUT2D eigenvalue weighted by atomic mass is 9.57. The van der Waals surface area contributed by atoms with E-state index in [2.05, 4.69) is 45.0 Å². The van der Waals surface area contributed by atoms with Gasteiger partial charge in [0.2, 0.25) is 0 Å². The summed E-state index contributed by atoms with van der Waals surface area (Å²) in [5, 5.41) is 19.2.